The SMILES string of the molecule is O=C(NCc1cc2n(n1)CCCN(c1ncccc1F)C2)C1CCC1. The molecule has 2 aliphatic rings. The van der Waals surface area contributed by atoms with Crippen LogP contribution in [-0.2, 0) is 24.4 Å². The highest BCUT2D eigenvalue weighted by molar-refractivity contribution is 5.79. The van der Waals surface area contributed by atoms with E-state index in [1.165, 1.54) is 6.07 Å². The highest BCUT2D eigenvalue weighted by atomic mass is 19.1. The van der Waals surface area contributed by atoms with Crippen molar-refractivity contribution >= 4 is 11.7 Å². The van der Waals surface area contributed by atoms with Crippen LogP contribution in [0.2, 0.25) is 0 Å². The van der Waals surface area contributed by atoms with Gasteiger partial charge in [0.25, 0.3) is 0 Å². The zero-order chi connectivity index (χ0) is 17.2. The van der Waals surface area contributed by atoms with Crippen LogP contribution in [-0.4, -0.2) is 27.2 Å². The summed E-state index contributed by atoms with van der Waals surface area (Å²) < 4.78 is 16.0. The average molecular weight is 343 g/mol. The molecule has 1 aliphatic carbocycles. The van der Waals surface area contributed by atoms with Crippen molar-refractivity contribution in [3.05, 3.63) is 41.6 Å². The van der Waals surface area contributed by atoms with Crippen LogP contribution in [0.3, 0.4) is 0 Å². The maximum atomic E-state index is 14.0. The van der Waals surface area contributed by atoms with Crippen molar-refractivity contribution in [3.8, 4) is 0 Å². The van der Waals surface area contributed by atoms with Crippen LogP contribution in [0.15, 0.2) is 24.4 Å². The molecule has 132 valence electrons. The van der Waals surface area contributed by atoms with E-state index < -0.39 is 0 Å². The van der Waals surface area contributed by atoms with E-state index in [2.05, 4.69) is 15.4 Å². The highest BCUT2D eigenvalue weighted by Crippen LogP contribution is 2.26. The first kappa shape index (κ1) is 16.1. The van der Waals surface area contributed by atoms with E-state index in [9.17, 15) is 9.18 Å². The fraction of sp³-hybridized carbons (Fsp3) is 0.500. The van der Waals surface area contributed by atoms with Gasteiger partial charge in [0.2, 0.25) is 5.91 Å². The molecule has 25 heavy (non-hydrogen) atoms. The average Bonchev–Trinajstić information content (AvgIpc) is 2.83. The molecule has 1 fully saturated rings. The summed E-state index contributed by atoms with van der Waals surface area (Å²) in [6.45, 7) is 2.55. The van der Waals surface area contributed by atoms with Crippen LogP contribution in [0.5, 0.6) is 0 Å². The summed E-state index contributed by atoms with van der Waals surface area (Å²) >= 11 is 0. The maximum Gasteiger partial charge on any atom is 0.223 e. The molecule has 2 aromatic rings. The van der Waals surface area contributed by atoms with Gasteiger partial charge in [-0.05, 0) is 37.5 Å². The molecule has 0 spiro atoms. The molecule has 4 rings (SSSR count). The van der Waals surface area contributed by atoms with Gasteiger partial charge < -0.3 is 10.2 Å². The van der Waals surface area contributed by atoms with Gasteiger partial charge in [0, 0.05) is 25.2 Å². The summed E-state index contributed by atoms with van der Waals surface area (Å²) in [6.07, 6.45) is 5.63. The second-order valence-electron chi connectivity index (χ2n) is 6.78. The predicted molar refractivity (Wildman–Crippen MR) is 91.3 cm³/mol. The molecule has 2 aromatic heterocycles. The van der Waals surface area contributed by atoms with Crippen molar-refractivity contribution in [3.63, 3.8) is 0 Å². The number of amides is 1. The predicted octanol–water partition coefficient (Wildman–Crippen LogP) is 2.24. The number of carbonyl (C=O) groups is 1. The van der Waals surface area contributed by atoms with Gasteiger partial charge in [-0.25, -0.2) is 9.37 Å². The Balaban J connectivity index is 1.45. The third-order valence-corrected chi connectivity index (χ3v) is 5.02. The molecule has 1 amide bonds. The summed E-state index contributed by atoms with van der Waals surface area (Å²) in [5, 5.41) is 7.57. The number of aromatic nitrogens is 3. The number of anilines is 1. The van der Waals surface area contributed by atoms with E-state index in [-0.39, 0.29) is 17.6 Å². The van der Waals surface area contributed by atoms with Crippen LogP contribution >= 0.6 is 0 Å². The zero-order valence-corrected chi connectivity index (χ0v) is 14.1. The Bertz CT molecular complexity index is 771. The number of nitrogens with one attached hydrogen (secondary N) is 1. The van der Waals surface area contributed by atoms with E-state index in [0.29, 0.717) is 18.9 Å². The Kier molecular flexibility index (Phi) is 4.38. The number of pyridine rings is 1. The molecule has 1 aliphatic heterocycles. The van der Waals surface area contributed by atoms with Crippen LogP contribution < -0.4 is 10.2 Å². The second-order valence-corrected chi connectivity index (χ2v) is 6.78. The lowest BCUT2D eigenvalue weighted by Crippen LogP contribution is -2.34. The van der Waals surface area contributed by atoms with Crippen LogP contribution in [0.1, 0.15) is 37.1 Å². The first-order chi connectivity index (χ1) is 12.2. The molecular weight excluding hydrogens is 321 g/mol. The van der Waals surface area contributed by atoms with Gasteiger partial charge in [0.15, 0.2) is 11.6 Å². The minimum absolute atomic E-state index is 0.131. The van der Waals surface area contributed by atoms with E-state index in [4.69, 9.17) is 0 Å². The minimum atomic E-state index is -0.302. The highest BCUT2D eigenvalue weighted by Gasteiger charge is 2.25. The molecule has 0 aromatic carbocycles. The summed E-state index contributed by atoms with van der Waals surface area (Å²) in [4.78, 5) is 18.1. The van der Waals surface area contributed by atoms with E-state index >= 15 is 0 Å². The Hall–Kier alpha value is -2.44. The standard InChI is InChI=1S/C18H22FN5O/c19-16-6-2-7-20-17(16)23-8-3-9-24-15(12-23)10-14(22-24)11-21-18(25)13-4-1-5-13/h2,6-7,10,13H,1,3-5,8-9,11-12H2,(H,21,25). The Morgan fingerprint density at radius 3 is 2.96 bits per heavy atom. The topological polar surface area (TPSA) is 63.1 Å². The number of hydrogen-bond acceptors (Lipinski definition) is 4. The van der Waals surface area contributed by atoms with Crippen LogP contribution in [0, 0.1) is 11.7 Å². The molecule has 6 nitrogen and oxygen atoms in total. The molecule has 1 saturated carbocycles. The number of hydrogen-bond donors (Lipinski definition) is 1. The molecule has 0 radical (unpaired) electrons. The fourth-order valence-corrected chi connectivity index (χ4v) is 3.39. The lowest BCUT2D eigenvalue weighted by atomic mass is 9.85. The number of carbonyl (C=O) groups excluding carboxylic acids is 1. The van der Waals surface area contributed by atoms with E-state index in [1.807, 2.05) is 15.6 Å². The van der Waals surface area contributed by atoms with Gasteiger partial charge in [-0.1, -0.05) is 6.42 Å². The van der Waals surface area contributed by atoms with Crippen molar-refractivity contribution in [1.29, 1.82) is 0 Å². The first-order valence-electron chi connectivity index (χ1n) is 8.89. The number of rotatable bonds is 4. The zero-order valence-electron chi connectivity index (χ0n) is 14.1. The molecule has 3 heterocycles. The number of fused-ring (bicyclic) bond motifs is 1. The molecule has 0 unspecified atom stereocenters. The Labute approximate surface area is 146 Å². The quantitative estimate of drug-likeness (QED) is 0.925. The minimum Gasteiger partial charge on any atom is -0.350 e. The first-order valence-corrected chi connectivity index (χ1v) is 8.89. The lowest BCUT2D eigenvalue weighted by Gasteiger charge is -2.23. The summed E-state index contributed by atoms with van der Waals surface area (Å²) in [6, 6.07) is 5.04. The summed E-state index contributed by atoms with van der Waals surface area (Å²) in [5.41, 5.74) is 1.88. The van der Waals surface area contributed by atoms with Gasteiger partial charge >= 0.3 is 0 Å². The van der Waals surface area contributed by atoms with Gasteiger partial charge in [0.05, 0.1) is 24.5 Å². The van der Waals surface area contributed by atoms with Gasteiger partial charge in [-0.15, -0.1) is 0 Å². The van der Waals surface area contributed by atoms with Gasteiger partial charge in [-0.2, -0.15) is 5.10 Å². The molecule has 1 N–H and O–H groups in total. The molecular formula is C18H22FN5O. The second kappa shape index (κ2) is 6.82. The van der Waals surface area contributed by atoms with Crippen LogP contribution in [0.25, 0.3) is 0 Å². The Morgan fingerprint density at radius 2 is 2.20 bits per heavy atom. The molecule has 0 atom stereocenters. The normalized spacial score (nSPS) is 17.6. The monoisotopic (exact) mass is 343 g/mol. The Morgan fingerprint density at radius 1 is 1.32 bits per heavy atom. The van der Waals surface area contributed by atoms with Crippen molar-refractivity contribution in [1.82, 2.24) is 20.1 Å². The smallest absolute Gasteiger partial charge is 0.223 e. The van der Waals surface area contributed by atoms with Gasteiger partial charge in [-0.3, -0.25) is 9.48 Å². The summed E-state index contributed by atoms with van der Waals surface area (Å²) in [7, 11) is 0. The van der Waals surface area contributed by atoms with Crippen molar-refractivity contribution in [2.75, 3.05) is 11.4 Å². The molecule has 0 bridgehead atoms. The summed E-state index contributed by atoms with van der Waals surface area (Å²) in [5.74, 6) is 0.398. The van der Waals surface area contributed by atoms with E-state index in [0.717, 1.165) is 50.2 Å². The lowest BCUT2D eigenvalue weighted by molar-refractivity contribution is -0.127. The van der Waals surface area contributed by atoms with Crippen molar-refractivity contribution < 1.29 is 9.18 Å². The number of aryl methyl sites for hydroxylation is 1. The molecule has 7 heteroatoms. The van der Waals surface area contributed by atoms with Gasteiger partial charge in [0.1, 0.15) is 0 Å². The number of nitrogens with zero attached hydrogens (tertiary/aromatic N) is 4. The largest absolute Gasteiger partial charge is 0.350 e. The third kappa shape index (κ3) is 3.36. The van der Waals surface area contributed by atoms with E-state index in [1.54, 1.807) is 12.3 Å². The van der Waals surface area contributed by atoms with Crippen LogP contribution in [0.4, 0.5) is 10.2 Å². The maximum absolute atomic E-state index is 14.0. The van der Waals surface area contributed by atoms with Crippen molar-refractivity contribution in [2.24, 2.45) is 5.92 Å². The fourth-order valence-electron chi connectivity index (χ4n) is 3.39. The number of halogens is 1. The third-order valence-electron chi connectivity index (χ3n) is 5.02. The molecule has 0 saturated heterocycles. The van der Waals surface area contributed by atoms with Crippen molar-refractivity contribution in [2.45, 2.75) is 45.3 Å².